The Morgan fingerprint density at radius 2 is 1.79 bits per heavy atom. The van der Waals surface area contributed by atoms with Crippen LogP contribution in [0.3, 0.4) is 0 Å². The molecular formula is C28H31N3O8. The molecule has 2 aromatic carbocycles. The highest BCUT2D eigenvalue weighted by Crippen LogP contribution is 2.36. The molecule has 11 heteroatoms. The predicted molar refractivity (Wildman–Crippen MR) is 140 cm³/mol. The molecule has 2 aliphatic rings. The van der Waals surface area contributed by atoms with E-state index in [0.717, 1.165) is 33.8 Å². The number of aromatic nitrogens is 2. The first kappa shape index (κ1) is 26.5. The van der Waals surface area contributed by atoms with Crippen LogP contribution in [0.25, 0.3) is 11.1 Å². The second-order valence-corrected chi connectivity index (χ2v) is 9.41. The molecule has 2 N–H and O–H groups in total. The average molecular weight is 538 g/mol. The van der Waals surface area contributed by atoms with E-state index < -0.39 is 18.1 Å². The first-order valence-corrected chi connectivity index (χ1v) is 12.6. The molecule has 1 fully saturated rings. The number of aliphatic carboxylic acids is 1. The van der Waals surface area contributed by atoms with E-state index in [9.17, 15) is 15.0 Å². The van der Waals surface area contributed by atoms with Crippen LogP contribution in [0.2, 0.25) is 0 Å². The van der Waals surface area contributed by atoms with Gasteiger partial charge >= 0.3 is 12.0 Å². The number of methoxy groups -OCH3 is 2. The van der Waals surface area contributed by atoms with Crippen LogP contribution in [0.4, 0.5) is 0 Å². The van der Waals surface area contributed by atoms with Crippen molar-refractivity contribution in [3.63, 3.8) is 0 Å². The summed E-state index contributed by atoms with van der Waals surface area (Å²) < 4.78 is 28.3. The lowest BCUT2D eigenvalue weighted by molar-refractivity contribution is -0.142. The van der Waals surface area contributed by atoms with E-state index in [1.54, 1.807) is 4.90 Å². The molecule has 2 atom stereocenters. The predicted octanol–water partition coefficient (Wildman–Crippen LogP) is 2.84. The zero-order valence-electron chi connectivity index (χ0n) is 22.0. The Morgan fingerprint density at radius 3 is 2.49 bits per heavy atom. The molecule has 2 aliphatic heterocycles. The fraction of sp³-hybridized carbons (Fsp3) is 0.393. The summed E-state index contributed by atoms with van der Waals surface area (Å²) in [6.45, 7) is 3.64. The minimum atomic E-state index is -1.00. The molecule has 3 heterocycles. The van der Waals surface area contributed by atoms with Crippen LogP contribution in [0.5, 0.6) is 29.3 Å². The van der Waals surface area contributed by atoms with Crippen molar-refractivity contribution in [2.75, 3.05) is 34.0 Å². The number of benzene rings is 2. The van der Waals surface area contributed by atoms with Gasteiger partial charge in [-0.1, -0.05) is 24.3 Å². The molecule has 0 unspecified atom stereocenters. The summed E-state index contributed by atoms with van der Waals surface area (Å²) in [5.74, 6) is 0.892. The van der Waals surface area contributed by atoms with Crippen LogP contribution in [-0.4, -0.2) is 77.2 Å². The van der Waals surface area contributed by atoms with Crippen LogP contribution in [-0.2, 0) is 17.9 Å². The van der Waals surface area contributed by atoms with Gasteiger partial charge in [0.25, 0.3) is 0 Å². The number of ether oxygens (including phenoxy) is 5. The largest absolute Gasteiger partial charge is 0.486 e. The summed E-state index contributed by atoms with van der Waals surface area (Å²) >= 11 is 0. The lowest BCUT2D eigenvalue weighted by Crippen LogP contribution is -2.35. The SMILES string of the molecule is COc1nc(OCc2cccc(-c3ccc4c(c3)OCCO4)c2C)nc(OC)c1CN1C[C@H](O)C[C@H]1C(=O)O. The van der Waals surface area contributed by atoms with Gasteiger partial charge < -0.3 is 33.9 Å². The topological polar surface area (TPSA) is 133 Å². The molecular weight excluding hydrogens is 506 g/mol. The number of carboxylic acids is 1. The number of aliphatic hydroxyl groups is 1. The van der Waals surface area contributed by atoms with Gasteiger partial charge in [0, 0.05) is 19.5 Å². The number of aliphatic hydroxyl groups excluding tert-OH is 1. The van der Waals surface area contributed by atoms with Crippen LogP contribution in [0.1, 0.15) is 23.1 Å². The number of likely N-dealkylation sites (tertiary alicyclic amines) is 1. The van der Waals surface area contributed by atoms with Gasteiger partial charge in [-0.05, 0) is 41.3 Å². The summed E-state index contributed by atoms with van der Waals surface area (Å²) in [5.41, 5.74) is 4.51. The smallest absolute Gasteiger partial charge is 0.323 e. The number of fused-ring (bicyclic) bond motifs is 1. The number of hydrogen-bond donors (Lipinski definition) is 2. The zero-order valence-corrected chi connectivity index (χ0v) is 22.0. The van der Waals surface area contributed by atoms with E-state index >= 15 is 0 Å². The number of hydrogen-bond acceptors (Lipinski definition) is 10. The normalized spacial score (nSPS) is 18.6. The fourth-order valence-electron chi connectivity index (χ4n) is 4.98. The number of rotatable bonds is 9. The van der Waals surface area contributed by atoms with Gasteiger partial charge in [0.1, 0.15) is 25.9 Å². The average Bonchev–Trinajstić information content (AvgIpc) is 3.32. The van der Waals surface area contributed by atoms with Crippen LogP contribution in [0.15, 0.2) is 36.4 Å². The Labute approximate surface area is 225 Å². The summed E-state index contributed by atoms with van der Waals surface area (Å²) in [5, 5.41) is 19.6. The Kier molecular flexibility index (Phi) is 7.71. The van der Waals surface area contributed by atoms with Gasteiger partial charge in [0.2, 0.25) is 11.8 Å². The minimum absolute atomic E-state index is 0.0628. The molecule has 5 rings (SSSR count). The van der Waals surface area contributed by atoms with Gasteiger partial charge in [-0.25, -0.2) is 0 Å². The van der Waals surface area contributed by atoms with E-state index in [2.05, 4.69) is 9.97 Å². The van der Waals surface area contributed by atoms with Crippen LogP contribution >= 0.6 is 0 Å². The summed E-state index contributed by atoms with van der Waals surface area (Å²) in [6.07, 6.45) is -0.583. The van der Waals surface area contributed by atoms with E-state index in [1.165, 1.54) is 14.2 Å². The van der Waals surface area contributed by atoms with Gasteiger partial charge in [0.05, 0.1) is 25.9 Å². The molecule has 1 aromatic heterocycles. The lowest BCUT2D eigenvalue weighted by Gasteiger charge is -2.22. The van der Waals surface area contributed by atoms with Crippen molar-refractivity contribution in [3.8, 4) is 40.4 Å². The Bertz CT molecular complexity index is 1340. The number of nitrogens with zero attached hydrogens (tertiary/aromatic N) is 3. The molecule has 39 heavy (non-hydrogen) atoms. The van der Waals surface area contributed by atoms with E-state index in [4.69, 9.17) is 23.7 Å². The third-order valence-corrected chi connectivity index (χ3v) is 6.98. The maximum Gasteiger partial charge on any atom is 0.323 e. The van der Waals surface area contributed by atoms with Crippen molar-refractivity contribution in [3.05, 3.63) is 53.1 Å². The standard InChI is InChI=1S/C28H31N3O8/c1-16-18(5-4-6-20(16)17-7-8-23-24(11-17)38-10-9-37-23)15-39-28-29-25(35-2)21(26(30-28)36-3)14-31-13-19(32)12-22(31)27(33)34/h4-8,11,19,22,32H,9-10,12-15H2,1-3H3,(H,33,34)/t19-,22+/m1/s1. The van der Waals surface area contributed by atoms with Crippen molar-refractivity contribution < 1.29 is 38.7 Å². The summed E-state index contributed by atoms with van der Waals surface area (Å²) in [7, 11) is 2.92. The molecule has 0 saturated carbocycles. The molecule has 0 radical (unpaired) electrons. The van der Waals surface area contributed by atoms with Crippen molar-refractivity contribution in [1.82, 2.24) is 14.9 Å². The molecule has 0 aliphatic carbocycles. The Balaban J connectivity index is 1.36. The van der Waals surface area contributed by atoms with Gasteiger partial charge in [0.15, 0.2) is 11.5 Å². The van der Waals surface area contributed by atoms with Crippen molar-refractivity contribution >= 4 is 5.97 Å². The second-order valence-electron chi connectivity index (χ2n) is 9.41. The highest BCUT2D eigenvalue weighted by molar-refractivity contribution is 5.74. The first-order chi connectivity index (χ1) is 18.9. The highest BCUT2D eigenvalue weighted by Gasteiger charge is 2.37. The van der Waals surface area contributed by atoms with E-state index in [0.29, 0.717) is 18.8 Å². The van der Waals surface area contributed by atoms with Gasteiger partial charge in [-0.3, -0.25) is 9.69 Å². The number of carboxylic acid groups (broad SMARTS) is 1. The zero-order chi connectivity index (χ0) is 27.5. The maximum absolute atomic E-state index is 11.7. The van der Waals surface area contributed by atoms with Gasteiger partial charge in [-0.15, -0.1) is 0 Å². The first-order valence-electron chi connectivity index (χ1n) is 12.6. The van der Waals surface area contributed by atoms with Gasteiger partial charge in [-0.2, -0.15) is 9.97 Å². The minimum Gasteiger partial charge on any atom is -0.486 e. The second kappa shape index (κ2) is 11.3. The lowest BCUT2D eigenvalue weighted by atomic mass is 9.96. The molecule has 0 amide bonds. The molecule has 11 nitrogen and oxygen atoms in total. The number of β-amino-alcohol motifs (C(OH)–C–C–N with tert-alkyl or cyclic N) is 1. The van der Waals surface area contributed by atoms with Crippen LogP contribution in [0, 0.1) is 6.92 Å². The highest BCUT2D eigenvalue weighted by atomic mass is 16.6. The summed E-state index contributed by atoms with van der Waals surface area (Å²) in [6, 6.07) is 11.1. The molecule has 0 spiro atoms. The van der Waals surface area contributed by atoms with E-state index in [1.807, 2.05) is 43.3 Å². The monoisotopic (exact) mass is 537 g/mol. The van der Waals surface area contributed by atoms with E-state index in [-0.39, 0.29) is 43.9 Å². The molecule has 0 bridgehead atoms. The van der Waals surface area contributed by atoms with Crippen LogP contribution < -0.4 is 23.7 Å². The Hall–Kier alpha value is -4.09. The third-order valence-electron chi connectivity index (χ3n) is 6.98. The maximum atomic E-state index is 11.7. The molecule has 1 saturated heterocycles. The van der Waals surface area contributed by atoms with Crippen molar-refractivity contribution in [2.45, 2.75) is 38.6 Å². The molecule has 206 valence electrons. The van der Waals surface area contributed by atoms with Crippen molar-refractivity contribution in [1.29, 1.82) is 0 Å². The van der Waals surface area contributed by atoms with Crippen molar-refractivity contribution in [2.24, 2.45) is 0 Å². The third kappa shape index (κ3) is 5.55. The fourth-order valence-corrected chi connectivity index (χ4v) is 4.98. The molecule has 3 aromatic rings. The Morgan fingerprint density at radius 1 is 1.08 bits per heavy atom. The quantitative estimate of drug-likeness (QED) is 0.417. The summed E-state index contributed by atoms with van der Waals surface area (Å²) in [4.78, 5) is 22.1. The number of carbonyl (C=O) groups is 1.